The van der Waals surface area contributed by atoms with E-state index in [1.54, 1.807) is 12.5 Å². The summed E-state index contributed by atoms with van der Waals surface area (Å²) in [5.74, 6) is 1.87. The molecule has 7 heteroatoms. The summed E-state index contributed by atoms with van der Waals surface area (Å²) in [6.07, 6.45) is 4.49. The summed E-state index contributed by atoms with van der Waals surface area (Å²) in [6, 6.07) is 0.00190. The van der Waals surface area contributed by atoms with E-state index >= 15 is 0 Å². The molecule has 0 aliphatic carbocycles. The van der Waals surface area contributed by atoms with Crippen LogP contribution < -0.4 is 11.1 Å². The Hall–Kier alpha value is -2.18. The molecule has 0 amide bonds. The maximum atomic E-state index is 5.60. The monoisotopic (exact) mass is 261 g/mol. The van der Waals surface area contributed by atoms with Crippen LogP contribution in [0.4, 0.5) is 11.8 Å². The summed E-state index contributed by atoms with van der Waals surface area (Å²) >= 11 is 0. The molecule has 102 valence electrons. The SMILES string of the molecule is CCCn1cnnc1[C@@H](C)Nc1nc(N)ncc1C. The van der Waals surface area contributed by atoms with Crippen molar-refractivity contribution < 1.29 is 0 Å². The predicted molar refractivity (Wildman–Crippen MR) is 73.5 cm³/mol. The zero-order valence-corrected chi connectivity index (χ0v) is 11.5. The number of rotatable bonds is 5. The normalized spacial score (nSPS) is 12.4. The van der Waals surface area contributed by atoms with Crippen LogP contribution in [0.2, 0.25) is 0 Å². The first-order chi connectivity index (χ1) is 9.11. The lowest BCUT2D eigenvalue weighted by Crippen LogP contribution is -2.15. The first kappa shape index (κ1) is 13.3. The van der Waals surface area contributed by atoms with Gasteiger partial charge in [-0.15, -0.1) is 10.2 Å². The molecule has 2 heterocycles. The molecule has 2 rings (SSSR count). The Kier molecular flexibility index (Phi) is 3.94. The minimum atomic E-state index is 0.00190. The van der Waals surface area contributed by atoms with E-state index in [2.05, 4.69) is 32.4 Å². The molecule has 3 N–H and O–H groups in total. The van der Waals surface area contributed by atoms with Gasteiger partial charge in [0.2, 0.25) is 5.95 Å². The number of aryl methyl sites for hydroxylation is 2. The second-order valence-corrected chi connectivity index (χ2v) is 4.51. The Balaban J connectivity index is 2.18. The van der Waals surface area contributed by atoms with Crippen LogP contribution in [0.15, 0.2) is 12.5 Å². The van der Waals surface area contributed by atoms with E-state index in [1.807, 2.05) is 18.4 Å². The molecule has 19 heavy (non-hydrogen) atoms. The third-order valence-electron chi connectivity index (χ3n) is 2.84. The Labute approximate surface area is 112 Å². The Morgan fingerprint density at radius 1 is 1.47 bits per heavy atom. The van der Waals surface area contributed by atoms with Crippen molar-refractivity contribution in [3.8, 4) is 0 Å². The van der Waals surface area contributed by atoms with Gasteiger partial charge in [0.15, 0.2) is 5.82 Å². The van der Waals surface area contributed by atoms with Gasteiger partial charge in [0.05, 0.1) is 6.04 Å². The van der Waals surface area contributed by atoms with Crippen molar-refractivity contribution >= 4 is 11.8 Å². The highest BCUT2D eigenvalue weighted by Crippen LogP contribution is 2.19. The summed E-state index contributed by atoms with van der Waals surface area (Å²) in [7, 11) is 0. The minimum absolute atomic E-state index is 0.00190. The van der Waals surface area contributed by atoms with Crippen molar-refractivity contribution in [2.75, 3.05) is 11.1 Å². The van der Waals surface area contributed by atoms with Crippen molar-refractivity contribution in [1.82, 2.24) is 24.7 Å². The van der Waals surface area contributed by atoms with Crippen molar-refractivity contribution in [2.24, 2.45) is 0 Å². The first-order valence-corrected chi connectivity index (χ1v) is 6.35. The molecule has 1 atom stereocenters. The summed E-state index contributed by atoms with van der Waals surface area (Å²) in [5, 5.41) is 11.4. The average Bonchev–Trinajstić information content (AvgIpc) is 2.82. The number of nitrogens with zero attached hydrogens (tertiary/aromatic N) is 5. The Bertz CT molecular complexity index is 549. The number of hydrogen-bond donors (Lipinski definition) is 2. The van der Waals surface area contributed by atoms with E-state index in [0.717, 1.165) is 30.2 Å². The summed E-state index contributed by atoms with van der Waals surface area (Å²) in [5.41, 5.74) is 6.55. The van der Waals surface area contributed by atoms with Gasteiger partial charge in [-0.3, -0.25) is 0 Å². The summed E-state index contributed by atoms with van der Waals surface area (Å²) < 4.78 is 2.04. The van der Waals surface area contributed by atoms with Gasteiger partial charge in [0, 0.05) is 18.3 Å². The molecule has 2 aromatic rings. The van der Waals surface area contributed by atoms with Gasteiger partial charge in [0.1, 0.15) is 12.1 Å². The van der Waals surface area contributed by atoms with E-state index < -0.39 is 0 Å². The number of nitrogen functional groups attached to an aromatic ring is 1. The molecule has 0 aliphatic rings. The molecule has 0 unspecified atom stereocenters. The maximum Gasteiger partial charge on any atom is 0.221 e. The lowest BCUT2D eigenvalue weighted by atomic mass is 10.2. The van der Waals surface area contributed by atoms with Gasteiger partial charge in [-0.05, 0) is 20.3 Å². The van der Waals surface area contributed by atoms with Crippen LogP contribution in [0.3, 0.4) is 0 Å². The average molecular weight is 261 g/mol. The van der Waals surface area contributed by atoms with Crippen LogP contribution >= 0.6 is 0 Å². The molecule has 0 fully saturated rings. The molecular weight excluding hydrogens is 242 g/mol. The van der Waals surface area contributed by atoms with Gasteiger partial charge >= 0.3 is 0 Å². The van der Waals surface area contributed by atoms with E-state index in [4.69, 9.17) is 5.73 Å². The topological polar surface area (TPSA) is 94.5 Å². The van der Waals surface area contributed by atoms with Gasteiger partial charge in [-0.2, -0.15) is 4.98 Å². The fourth-order valence-electron chi connectivity index (χ4n) is 1.88. The van der Waals surface area contributed by atoms with Crippen LogP contribution in [0, 0.1) is 6.92 Å². The van der Waals surface area contributed by atoms with Crippen LogP contribution in [0.1, 0.15) is 37.7 Å². The van der Waals surface area contributed by atoms with Crippen molar-refractivity contribution in [2.45, 2.75) is 39.8 Å². The van der Waals surface area contributed by atoms with Crippen molar-refractivity contribution in [1.29, 1.82) is 0 Å². The fraction of sp³-hybridized carbons (Fsp3) is 0.500. The number of anilines is 2. The molecule has 0 radical (unpaired) electrons. The van der Waals surface area contributed by atoms with Crippen molar-refractivity contribution in [3.63, 3.8) is 0 Å². The molecule has 0 saturated carbocycles. The standard InChI is InChI=1S/C12H19N7/c1-4-5-19-7-15-18-11(19)9(3)16-10-8(2)6-14-12(13)17-10/h6-7,9H,4-5H2,1-3H3,(H3,13,14,16,17)/t9-/m1/s1. The Morgan fingerprint density at radius 2 is 2.26 bits per heavy atom. The third kappa shape index (κ3) is 2.98. The van der Waals surface area contributed by atoms with Crippen LogP contribution in [-0.4, -0.2) is 24.7 Å². The largest absolute Gasteiger partial charge is 0.368 e. The second-order valence-electron chi connectivity index (χ2n) is 4.51. The smallest absolute Gasteiger partial charge is 0.221 e. The lowest BCUT2D eigenvalue weighted by Gasteiger charge is -2.16. The van der Waals surface area contributed by atoms with Gasteiger partial charge < -0.3 is 15.6 Å². The third-order valence-corrected chi connectivity index (χ3v) is 2.84. The zero-order valence-electron chi connectivity index (χ0n) is 11.5. The highest BCUT2D eigenvalue weighted by molar-refractivity contribution is 5.46. The van der Waals surface area contributed by atoms with E-state index in [9.17, 15) is 0 Å². The van der Waals surface area contributed by atoms with E-state index in [0.29, 0.717) is 0 Å². The van der Waals surface area contributed by atoms with Gasteiger partial charge in [-0.25, -0.2) is 4.98 Å². The lowest BCUT2D eigenvalue weighted by molar-refractivity contribution is 0.613. The van der Waals surface area contributed by atoms with E-state index in [-0.39, 0.29) is 12.0 Å². The molecule has 0 saturated heterocycles. The minimum Gasteiger partial charge on any atom is -0.368 e. The molecule has 7 nitrogen and oxygen atoms in total. The summed E-state index contributed by atoms with van der Waals surface area (Å²) in [6.45, 7) is 6.98. The maximum absolute atomic E-state index is 5.60. The second kappa shape index (κ2) is 5.64. The van der Waals surface area contributed by atoms with Crippen LogP contribution in [0.25, 0.3) is 0 Å². The van der Waals surface area contributed by atoms with Crippen LogP contribution in [-0.2, 0) is 6.54 Å². The van der Waals surface area contributed by atoms with Gasteiger partial charge in [0.25, 0.3) is 0 Å². The number of nitrogens with one attached hydrogen (secondary N) is 1. The highest BCUT2D eigenvalue weighted by atomic mass is 15.3. The Morgan fingerprint density at radius 3 is 3.00 bits per heavy atom. The van der Waals surface area contributed by atoms with Crippen molar-refractivity contribution in [3.05, 3.63) is 23.9 Å². The summed E-state index contributed by atoms with van der Waals surface area (Å²) in [4.78, 5) is 8.15. The van der Waals surface area contributed by atoms with Crippen LogP contribution in [0.5, 0.6) is 0 Å². The zero-order chi connectivity index (χ0) is 13.8. The highest BCUT2D eigenvalue weighted by Gasteiger charge is 2.14. The van der Waals surface area contributed by atoms with Gasteiger partial charge in [-0.1, -0.05) is 6.92 Å². The molecule has 0 spiro atoms. The molecule has 2 aromatic heterocycles. The predicted octanol–water partition coefficient (Wildman–Crippen LogP) is 1.54. The quantitative estimate of drug-likeness (QED) is 0.847. The first-order valence-electron chi connectivity index (χ1n) is 6.35. The number of hydrogen-bond acceptors (Lipinski definition) is 6. The molecule has 0 aliphatic heterocycles. The number of aromatic nitrogens is 5. The number of nitrogens with two attached hydrogens (primary N) is 1. The van der Waals surface area contributed by atoms with E-state index in [1.165, 1.54) is 0 Å². The molecule has 0 aromatic carbocycles. The molecular formula is C12H19N7. The molecule has 0 bridgehead atoms. The fourth-order valence-corrected chi connectivity index (χ4v) is 1.88.